The molecule has 8 nitrogen and oxygen atoms in total. The van der Waals surface area contributed by atoms with Gasteiger partial charge in [0.25, 0.3) is 0 Å². The molecule has 2 saturated heterocycles. The number of nitrogens with zero attached hydrogens (tertiary/aromatic N) is 3. The SMILES string of the molecule is CCS(=O)(=O)N1CCN(c2ccc(C(C)(C)C(=O)N3CC[C@@]4(C3)OC(=O)c3ccccc34)cc2)CC1. The van der Waals surface area contributed by atoms with E-state index in [4.69, 9.17) is 4.74 Å². The van der Waals surface area contributed by atoms with Crippen molar-refractivity contribution >= 4 is 27.6 Å². The molecule has 5 rings (SSSR count). The Morgan fingerprint density at radius 2 is 1.67 bits per heavy atom. The van der Waals surface area contributed by atoms with E-state index in [1.165, 1.54) is 0 Å². The fraction of sp³-hybridized carbons (Fsp3) is 0.481. The maximum absolute atomic E-state index is 13.7. The van der Waals surface area contributed by atoms with Gasteiger partial charge < -0.3 is 14.5 Å². The van der Waals surface area contributed by atoms with E-state index >= 15 is 0 Å². The maximum Gasteiger partial charge on any atom is 0.339 e. The van der Waals surface area contributed by atoms with E-state index in [-0.39, 0.29) is 17.6 Å². The molecule has 0 aliphatic carbocycles. The molecule has 0 radical (unpaired) electrons. The minimum Gasteiger partial charge on any atom is -0.449 e. The van der Waals surface area contributed by atoms with Gasteiger partial charge in [-0.3, -0.25) is 4.79 Å². The third kappa shape index (κ3) is 4.08. The third-order valence-electron chi connectivity index (χ3n) is 7.93. The second-order valence-electron chi connectivity index (χ2n) is 10.4. The number of fused-ring (bicyclic) bond motifs is 2. The van der Waals surface area contributed by atoms with Crippen LogP contribution in [0.4, 0.5) is 5.69 Å². The van der Waals surface area contributed by atoms with Gasteiger partial charge in [0.1, 0.15) is 0 Å². The fourth-order valence-electron chi connectivity index (χ4n) is 5.62. The lowest BCUT2D eigenvalue weighted by molar-refractivity contribution is -0.136. The highest BCUT2D eigenvalue weighted by Gasteiger charge is 2.52. The number of rotatable bonds is 5. The predicted octanol–water partition coefficient (Wildman–Crippen LogP) is 2.73. The van der Waals surface area contributed by atoms with Crippen LogP contribution in [0.5, 0.6) is 0 Å². The van der Waals surface area contributed by atoms with Crippen molar-refractivity contribution in [1.82, 2.24) is 9.21 Å². The van der Waals surface area contributed by atoms with Crippen LogP contribution in [0.25, 0.3) is 0 Å². The van der Waals surface area contributed by atoms with Gasteiger partial charge in [-0.05, 0) is 44.5 Å². The van der Waals surface area contributed by atoms with Crippen molar-refractivity contribution in [3.8, 4) is 0 Å². The molecule has 2 aromatic carbocycles. The summed E-state index contributed by atoms with van der Waals surface area (Å²) in [6, 6.07) is 15.4. The zero-order chi connectivity index (χ0) is 25.7. The smallest absolute Gasteiger partial charge is 0.339 e. The molecule has 0 saturated carbocycles. The molecule has 36 heavy (non-hydrogen) atoms. The molecule has 0 bridgehead atoms. The summed E-state index contributed by atoms with van der Waals surface area (Å²) < 4.78 is 31.6. The number of esters is 1. The number of likely N-dealkylation sites (tertiary alicyclic amines) is 1. The van der Waals surface area contributed by atoms with Gasteiger partial charge in [-0.2, -0.15) is 4.31 Å². The van der Waals surface area contributed by atoms with Gasteiger partial charge in [0.05, 0.1) is 23.3 Å². The Bertz CT molecular complexity index is 1280. The standard InChI is InChI=1S/C27H33N3O5S/c1-4-36(33,34)30-17-15-28(16-18-30)21-11-9-20(10-12-21)26(2,3)25(32)29-14-13-27(19-29)23-8-6-5-7-22(23)24(31)35-27/h5-12H,4,13-19H2,1-3H3/t27-/m0/s1. The molecule has 1 amide bonds. The first-order chi connectivity index (χ1) is 17.1. The summed E-state index contributed by atoms with van der Waals surface area (Å²) in [5, 5.41) is 0. The molecular formula is C27H33N3O5S. The van der Waals surface area contributed by atoms with Crippen LogP contribution in [-0.2, 0) is 30.6 Å². The Morgan fingerprint density at radius 3 is 2.33 bits per heavy atom. The van der Waals surface area contributed by atoms with E-state index < -0.39 is 21.0 Å². The maximum atomic E-state index is 13.7. The molecule has 9 heteroatoms. The average molecular weight is 512 g/mol. The number of benzene rings is 2. The lowest BCUT2D eigenvalue weighted by Crippen LogP contribution is -2.49. The first-order valence-electron chi connectivity index (χ1n) is 12.5. The van der Waals surface area contributed by atoms with Gasteiger partial charge in [-0.1, -0.05) is 30.3 Å². The molecule has 0 N–H and O–H groups in total. The molecule has 1 atom stereocenters. The summed E-state index contributed by atoms with van der Waals surface area (Å²) in [7, 11) is -3.16. The predicted molar refractivity (Wildman–Crippen MR) is 137 cm³/mol. The lowest BCUT2D eigenvalue weighted by Gasteiger charge is -2.35. The van der Waals surface area contributed by atoms with Crippen molar-refractivity contribution in [2.45, 2.75) is 38.2 Å². The number of ether oxygens (including phenoxy) is 1. The van der Waals surface area contributed by atoms with E-state index in [0.717, 1.165) is 16.8 Å². The summed E-state index contributed by atoms with van der Waals surface area (Å²) >= 11 is 0. The molecule has 2 aromatic rings. The topological polar surface area (TPSA) is 87.2 Å². The second-order valence-corrected chi connectivity index (χ2v) is 12.6. The summed E-state index contributed by atoms with van der Waals surface area (Å²) in [4.78, 5) is 30.1. The highest BCUT2D eigenvalue weighted by Crippen LogP contribution is 2.44. The van der Waals surface area contributed by atoms with Crippen molar-refractivity contribution in [2.75, 3.05) is 49.9 Å². The molecule has 3 aliphatic heterocycles. The number of carbonyl (C=O) groups excluding carboxylic acids is 2. The Balaban J connectivity index is 1.27. The van der Waals surface area contributed by atoms with Gasteiger partial charge in [0.15, 0.2) is 5.60 Å². The first-order valence-corrected chi connectivity index (χ1v) is 14.1. The zero-order valence-corrected chi connectivity index (χ0v) is 21.9. The molecule has 3 aliphatic rings. The average Bonchev–Trinajstić information content (AvgIpc) is 3.44. The third-order valence-corrected chi connectivity index (χ3v) is 9.81. The minimum absolute atomic E-state index is 0.00550. The van der Waals surface area contributed by atoms with E-state index in [2.05, 4.69) is 4.90 Å². The fourth-order valence-corrected chi connectivity index (χ4v) is 6.70. The van der Waals surface area contributed by atoms with Crippen LogP contribution in [0.3, 0.4) is 0 Å². The molecule has 2 fully saturated rings. The Labute approximate surface area is 212 Å². The summed E-state index contributed by atoms with van der Waals surface area (Å²) in [5.41, 5.74) is 1.89. The van der Waals surface area contributed by atoms with Crippen molar-refractivity contribution < 1.29 is 22.7 Å². The van der Waals surface area contributed by atoms with E-state index in [1.807, 2.05) is 61.2 Å². The molecule has 192 valence electrons. The van der Waals surface area contributed by atoms with Crippen LogP contribution in [0.2, 0.25) is 0 Å². The van der Waals surface area contributed by atoms with E-state index in [0.29, 0.717) is 51.3 Å². The summed E-state index contributed by atoms with van der Waals surface area (Å²) in [5.74, 6) is -0.188. The van der Waals surface area contributed by atoms with Crippen LogP contribution >= 0.6 is 0 Å². The number of carbonyl (C=O) groups is 2. The number of sulfonamides is 1. The monoisotopic (exact) mass is 511 g/mol. The highest BCUT2D eigenvalue weighted by atomic mass is 32.2. The van der Waals surface area contributed by atoms with Crippen molar-refractivity contribution in [3.63, 3.8) is 0 Å². The second kappa shape index (κ2) is 8.88. The van der Waals surface area contributed by atoms with Crippen molar-refractivity contribution in [1.29, 1.82) is 0 Å². The first kappa shape index (κ1) is 24.8. The zero-order valence-electron chi connectivity index (χ0n) is 21.1. The Morgan fingerprint density at radius 1 is 1.00 bits per heavy atom. The molecular weight excluding hydrogens is 478 g/mol. The Kier molecular flexibility index (Phi) is 6.11. The number of hydrogen-bond donors (Lipinski definition) is 0. The lowest BCUT2D eigenvalue weighted by atomic mass is 9.83. The van der Waals surface area contributed by atoms with Crippen LogP contribution in [-0.4, -0.2) is 74.5 Å². The van der Waals surface area contributed by atoms with Gasteiger partial charge in [-0.15, -0.1) is 0 Å². The molecule has 0 unspecified atom stereocenters. The van der Waals surface area contributed by atoms with E-state index in [9.17, 15) is 18.0 Å². The van der Waals surface area contributed by atoms with Gasteiger partial charge in [-0.25, -0.2) is 13.2 Å². The number of hydrogen-bond acceptors (Lipinski definition) is 6. The van der Waals surface area contributed by atoms with Gasteiger partial charge >= 0.3 is 5.97 Å². The van der Waals surface area contributed by atoms with Crippen LogP contribution in [0, 0.1) is 0 Å². The molecule has 3 heterocycles. The largest absolute Gasteiger partial charge is 0.449 e. The quantitative estimate of drug-likeness (QED) is 0.574. The summed E-state index contributed by atoms with van der Waals surface area (Å²) in [6.07, 6.45) is 0.593. The molecule has 1 spiro atoms. The van der Waals surface area contributed by atoms with Crippen molar-refractivity contribution in [3.05, 3.63) is 65.2 Å². The number of piperazine rings is 1. The van der Waals surface area contributed by atoms with Crippen LogP contribution < -0.4 is 4.90 Å². The van der Waals surface area contributed by atoms with Crippen LogP contribution in [0.1, 0.15) is 48.7 Å². The van der Waals surface area contributed by atoms with Crippen molar-refractivity contribution in [2.24, 2.45) is 0 Å². The normalized spacial score (nSPS) is 22.7. The highest BCUT2D eigenvalue weighted by molar-refractivity contribution is 7.89. The van der Waals surface area contributed by atoms with E-state index in [1.54, 1.807) is 17.3 Å². The Hall–Kier alpha value is -2.91. The van der Waals surface area contributed by atoms with Gasteiger partial charge in [0.2, 0.25) is 15.9 Å². The van der Waals surface area contributed by atoms with Gasteiger partial charge in [0, 0.05) is 50.4 Å². The summed E-state index contributed by atoms with van der Waals surface area (Å²) in [6.45, 7) is 8.65. The number of amides is 1. The molecule has 0 aromatic heterocycles. The van der Waals surface area contributed by atoms with Crippen LogP contribution in [0.15, 0.2) is 48.5 Å². The minimum atomic E-state index is -3.16. The number of anilines is 1.